The van der Waals surface area contributed by atoms with Gasteiger partial charge in [0.05, 0.1) is 32.9 Å². The number of fused-ring (bicyclic) bond motifs is 1. The van der Waals surface area contributed by atoms with Crippen LogP contribution < -0.4 is 24.4 Å². The van der Waals surface area contributed by atoms with Crippen LogP contribution in [0.3, 0.4) is 0 Å². The van der Waals surface area contributed by atoms with E-state index in [0.717, 1.165) is 24.9 Å². The van der Waals surface area contributed by atoms with Crippen molar-refractivity contribution in [2.45, 2.75) is 25.7 Å². The summed E-state index contributed by atoms with van der Waals surface area (Å²) in [6.07, 6.45) is 3.47. The maximum atomic E-state index is 12.8. The van der Waals surface area contributed by atoms with Crippen molar-refractivity contribution in [1.29, 1.82) is 0 Å². The highest BCUT2D eigenvalue weighted by Crippen LogP contribution is 2.42. The zero-order chi connectivity index (χ0) is 21.3. The summed E-state index contributed by atoms with van der Waals surface area (Å²) in [5, 5.41) is 2.98. The molecule has 2 amide bonds. The largest absolute Gasteiger partial charge is 0.493 e. The van der Waals surface area contributed by atoms with Crippen molar-refractivity contribution < 1.29 is 23.8 Å². The van der Waals surface area contributed by atoms with E-state index >= 15 is 0 Å². The molecule has 7 heteroatoms. The first-order valence-electron chi connectivity index (χ1n) is 10.1. The standard InChI is InChI=1S/C23H26N2O5/c1-28-19-11-18(12-20(29-2)22(19)30-3)25-13-16(10-21(25)26)23(27)24-17-8-7-14-5-4-6-15(14)9-17/h7-9,11-12,16H,4-6,10,13H2,1-3H3,(H,24,27)/t16-/m1/s1. The molecule has 0 spiro atoms. The fourth-order valence-corrected chi connectivity index (χ4v) is 4.25. The fraction of sp³-hybridized carbons (Fsp3) is 0.391. The summed E-state index contributed by atoms with van der Waals surface area (Å²) < 4.78 is 16.1. The summed E-state index contributed by atoms with van der Waals surface area (Å²) >= 11 is 0. The van der Waals surface area contributed by atoms with E-state index in [1.54, 1.807) is 17.0 Å². The number of hydrogen-bond donors (Lipinski definition) is 1. The third-order valence-corrected chi connectivity index (χ3v) is 5.82. The van der Waals surface area contributed by atoms with E-state index in [1.807, 2.05) is 12.1 Å². The Balaban J connectivity index is 1.51. The molecule has 1 saturated heterocycles. The zero-order valence-electron chi connectivity index (χ0n) is 17.5. The molecule has 1 fully saturated rings. The van der Waals surface area contributed by atoms with Gasteiger partial charge in [-0.2, -0.15) is 0 Å². The molecule has 1 heterocycles. The predicted octanol–water partition coefficient (Wildman–Crippen LogP) is 3.19. The Labute approximate surface area is 175 Å². The van der Waals surface area contributed by atoms with Gasteiger partial charge in [-0.1, -0.05) is 6.07 Å². The number of benzene rings is 2. The molecule has 2 aromatic rings. The van der Waals surface area contributed by atoms with E-state index in [4.69, 9.17) is 14.2 Å². The molecule has 7 nitrogen and oxygen atoms in total. The van der Waals surface area contributed by atoms with Gasteiger partial charge in [0.2, 0.25) is 17.6 Å². The average Bonchev–Trinajstić information content (AvgIpc) is 3.38. The quantitative estimate of drug-likeness (QED) is 0.791. The Kier molecular flexibility index (Phi) is 5.53. The molecule has 1 atom stereocenters. The van der Waals surface area contributed by atoms with Gasteiger partial charge in [-0.25, -0.2) is 0 Å². The number of methoxy groups -OCH3 is 3. The molecular weight excluding hydrogens is 384 g/mol. The Morgan fingerprint density at radius 2 is 1.70 bits per heavy atom. The first-order valence-corrected chi connectivity index (χ1v) is 10.1. The molecule has 2 aromatic carbocycles. The van der Waals surface area contributed by atoms with E-state index in [9.17, 15) is 9.59 Å². The van der Waals surface area contributed by atoms with Gasteiger partial charge in [0.25, 0.3) is 0 Å². The summed E-state index contributed by atoms with van der Waals surface area (Å²) in [5.41, 5.74) is 4.06. The van der Waals surface area contributed by atoms with Crippen LogP contribution in [0.1, 0.15) is 24.0 Å². The molecule has 1 N–H and O–H groups in total. The predicted molar refractivity (Wildman–Crippen MR) is 114 cm³/mol. The van der Waals surface area contributed by atoms with E-state index in [-0.39, 0.29) is 18.2 Å². The van der Waals surface area contributed by atoms with E-state index in [2.05, 4.69) is 11.4 Å². The number of nitrogens with one attached hydrogen (secondary N) is 1. The minimum atomic E-state index is -0.426. The molecule has 0 aromatic heterocycles. The van der Waals surface area contributed by atoms with Crippen molar-refractivity contribution in [2.75, 3.05) is 38.1 Å². The van der Waals surface area contributed by atoms with E-state index in [0.29, 0.717) is 29.5 Å². The third-order valence-electron chi connectivity index (χ3n) is 5.82. The fourth-order valence-electron chi connectivity index (χ4n) is 4.25. The second-order valence-electron chi connectivity index (χ2n) is 7.62. The molecule has 4 rings (SSSR count). The highest BCUT2D eigenvalue weighted by Gasteiger charge is 2.36. The van der Waals surface area contributed by atoms with Gasteiger partial charge in [0.15, 0.2) is 11.5 Å². The van der Waals surface area contributed by atoms with Crippen molar-refractivity contribution in [2.24, 2.45) is 5.92 Å². The zero-order valence-corrected chi connectivity index (χ0v) is 17.5. The molecule has 0 saturated carbocycles. The van der Waals surface area contributed by atoms with Crippen molar-refractivity contribution in [3.8, 4) is 17.2 Å². The molecule has 158 valence electrons. The molecule has 1 aliphatic heterocycles. The van der Waals surface area contributed by atoms with Gasteiger partial charge in [-0.05, 0) is 42.5 Å². The van der Waals surface area contributed by atoms with Gasteiger partial charge in [-0.3, -0.25) is 9.59 Å². The Morgan fingerprint density at radius 1 is 1.00 bits per heavy atom. The van der Waals surface area contributed by atoms with Crippen molar-refractivity contribution in [3.63, 3.8) is 0 Å². The third kappa shape index (κ3) is 3.67. The Hall–Kier alpha value is -3.22. The highest BCUT2D eigenvalue weighted by atomic mass is 16.5. The van der Waals surface area contributed by atoms with Crippen LogP contribution in [0.2, 0.25) is 0 Å². The van der Waals surface area contributed by atoms with Crippen LogP contribution in [0.15, 0.2) is 30.3 Å². The van der Waals surface area contributed by atoms with Crippen LogP contribution in [-0.4, -0.2) is 39.7 Å². The monoisotopic (exact) mass is 410 g/mol. The minimum absolute atomic E-state index is 0.113. The number of aryl methyl sites for hydroxylation is 2. The summed E-state index contributed by atoms with van der Waals surface area (Å²) in [5.74, 6) is 0.706. The number of rotatable bonds is 6. The second kappa shape index (κ2) is 8.26. The summed E-state index contributed by atoms with van der Waals surface area (Å²) in [6.45, 7) is 0.300. The van der Waals surface area contributed by atoms with Gasteiger partial charge >= 0.3 is 0 Å². The molecule has 0 radical (unpaired) electrons. The molecular formula is C23H26N2O5. The van der Waals surface area contributed by atoms with Crippen molar-refractivity contribution in [1.82, 2.24) is 0 Å². The number of anilines is 2. The number of carbonyl (C=O) groups excluding carboxylic acids is 2. The maximum Gasteiger partial charge on any atom is 0.229 e. The molecule has 1 aliphatic carbocycles. The molecule has 2 aliphatic rings. The van der Waals surface area contributed by atoms with Crippen LogP contribution in [0, 0.1) is 5.92 Å². The molecule has 0 bridgehead atoms. The van der Waals surface area contributed by atoms with Gasteiger partial charge in [0.1, 0.15) is 0 Å². The van der Waals surface area contributed by atoms with Crippen molar-refractivity contribution in [3.05, 3.63) is 41.5 Å². The SMILES string of the molecule is COc1cc(N2C[C@H](C(=O)Nc3ccc4c(c3)CCC4)CC2=O)cc(OC)c1OC. The first kappa shape index (κ1) is 20.1. The molecule has 0 unspecified atom stereocenters. The Bertz CT molecular complexity index is 963. The second-order valence-corrected chi connectivity index (χ2v) is 7.62. The normalized spacial score (nSPS) is 17.6. The van der Waals surface area contributed by atoms with Gasteiger partial charge < -0.3 is 24.4 Å². The van der Waals surface area contributed by atoms with Crippen LogP contribution in [0.4, 0.5) is 11.4 Å². The smallest absolute Gasteiger partial charge is 0.229 e. The van der Waals surface area contributed by atoms with Gasteiger partial charge in [-0.15, -0.1) is 0 Å². The minimum Gasteiger partial charge on any atom is -0.493 e. The van der Waals surface area contributed by atoms with Crippen LogP contribution >= 0.6 is 0 Å². The summed E-state index contributed by atoms with van der Waals surface area (Å²) in [7, 11) is 4.58. The number of carbonyl (C=O) groups is 2. The van der Waals surface area contributed by atoms with E-state index in [1.165, 1.54) is 32.5 Å². The number of amides is 2. The summed E-state index contributed by atoms with van der Waals surface area (Å²) in [6, 6.07) is 9.52. The van der Waals surface area contributed by atoms with Crippen molar-refractivity contribution >= 4 is 23.2 Å². The highest BCUT2D eigenvalue weighted by molar-refractivity contribution is 6.03. The number of ether oxygens (including phenoxy) is 3. The van der Waals surface area contributed by atoms with Crippen LogP contribution in [-0.2, 0) is 22.4 Å². The van der Waals surface area contributed by atoms with Crippen LogP contribution in [0.25, 0.3) is 0 Å². The maximum absolute atomic E-state index is 12.8. The molecule has 30 heavy (non-hydrogen) atoms. The first-order chi connectivity index (χ1) is 14.5. The Morgan fingerprint density at radius 3 is 2.37 bits per heavy atom. The lowest BCUT2D eigenvalue weighted by Gasteiger charge is -2.20. The topological polar surface area (TPSA) is 77.1 Å². The average molecular weight is 410 g/mol. The summed E-state index contributed by atoms with van der Waals surface area (Å²) in [4.78, 5) is 27.1. The van der Waals surface area contributed by atoms with Gasteiger partial charge in [0, 0.05) is 30.8 Å². The lowest BCUT2D eigenvalue weighted by atomic mass is 10.1. The number of nitrogens with zero attached hydrogens (tertiary/aromatic N) is 1. The van der Waals surface area contributed by atoms with E-state index < -0.39 is 5.92 Å². The van der Waals surface area contributed by atoms with Crippen LogP contribution in [0.5, 0.6) is 17.2 Å². The lowest BCUT2D eigenvalue weighted by molar-refractivity contribution is -0.122. The lowest BCUT2D eigenvalue weighted by Crippen LogP contribution is -2.28. The number of hydrogen-bond acceptors (Lipinski definition) is 5.